The van der Waals surface area contributed by atoms with E-state index in [9.17, 15) is 53.1 Å². The van der Waals surface area contributed by atoms with Crippen LogP contribution < -0.4 is 39.8 Å². The zero-order chi connectivity index (χ0) is 64.4. The van der Waals surface area contributed by atoms with E-state index in [0.717, 1.165) is 65.5 Å². The van der Waals surface area contributed by atoms with Crippen LogP contribution in [0.25, 0.3) is 5.57 Å². The van der Waals surface area contributed by atoms with Gasteiger partial charge in [-0.15, -0.1) is 0 Å². The van der Waals surface area contributed by atoms with Gasteiger partial charge in [0, 0.05) is 82.5 Å². The lowest BCUT2D eigenvalue weighted by molar-refractivity contribution is -0.462. The molecule has 466 valence electrons. The van der Waals surface area contributed by atoms with Crippen molar-refractivity contribution in [3.8, 4) is 11.5 Å². The number of carboxylic acid groups (broad SMARTS) is 1. The minimum Gasteiger partial charge on any atom is -0.545 e. The van der Waals surface area contributed by atoms with Gasteiger partial charge in [0.15, 0.2) is 5.71 Å². The molecule has 0 saturated heterocycles. The zero-order valence-corrected chi connectivity index (χ0v) is 51.2. The molecule has 4 aromatic rings. The van der Waals surface area contributed by atoms with Crippen molar-refractivity contribution in [2.24, 2.45) is 0 Å². The molecule has 0 fully saturated rings. The third-order valence-corrected chi connectivity index (χ3v) is 16.8. The molecule has 1 amide bonds. The van der Waals surface area contributed by atoms with E-state index < -0.39 is 121 Å². The Morgan fingerprint density at radius 2 is 1.05 bits per heavy atom. The highest BCUT2D eigenvalue weighted by Gasteiger charge is 2.41. The van der Waals surface area contributed by atoms with Crippen molar-refractivity contribution >= 4 is 107 Å². The molecule has 0 radical (unpaired) electrons. The van der Waals surface area contributed by atoms with Crippen molar-refractivity contribution in [2.45, 2.75) is 40.8 Å². The van der Waals surface area contributed by atoms with E-state index in [2.05, 4.69) is 30.6 Å². The highest BCUT2D eigenvalue weighted by Crippen LogP contribution is 2.43. The first-order valence-corrected chi connectivity index (χ1v) is 30.1. The van der Waals surface area contributed by atoms with Gasteiger partial charge < -0.3 is 77.3 Å². The summed E-state index contributed by atoms with van der Waals surface area (Å²) in [4.78, 5) is 130. The van der Waals surface area contributed by atoms with Crippen LogP contribution in [0.1, 0.15) is 59.5 Å². The molecule has 6 rings (SSSR count). The Balaban J connectivity index is 1.36. The SMILES string of the molecule is CC(=O)OCOC(=O)CN(CC(=O)OCOC(C)=O)c1ccccc1OCCOc1cc(NC(=O)c2ccc(C3=C4C=CC(=[N+](C)C)C=C4[Si](C)(C)c4cc(N(C)C)ccc43)c(C(=O)[O-])c2)ccc1N(CC(=O)OCOC(C)=O)CC(=O)OCOC(C)=O. The molecule has 1 heterocycles. The molecule has 88 heavy (non-hydrogen) atoms. The summed E-state index contributed by atoms with van der Waals surface area (Å²) >= 11 is 0. The van der Waals surface area contributed by atoms with Gasteiger partial charge in [-0.1, -0.05) is 37.4 Å². The van der Waals surface area contributed by atoms with Gasteiger partial charge >= 0.3 is 47.8 Å². The Labute approximate surface area is 507 Å². The Hall–Kier alpha value is -10.3. The molecule has 26 nitrogen and oxygen atoms in total. The minimum absolute atomic E-state index is 0.00767. The topological polar surface area (TPSA) is 311 Å². The van der Waals surface area contributed by atoms with E-state index in [1.54, 1.807) is 18.2 Å². The summed E-state index contributed by atoms with van der Waals surface area (Å²) in [6.45, 7) is 2.64. The first-order chi connectivity index (χ1) is 41.7. The Morgan fingerprint density at radius 3 is 1.53 bits per heavy atom. The van der Waals surface area contributed by atoms with Crippen LogP contribution in [0, 0.1) is 0 Å². The lowest BCUT2D eigenvalue weighted by Gasteiger charge is -2.38. The number of para-hydroxylation sites is 2. The van der Waals surface area contributed by atoms with E-state index in [1.165, 1.54) is 47.4 Å². The molecule has 27 heteroatoms. The molecule has 0 bridgehead atoms. The summed E-state index contributed by atoms with van der Waals surface area (Å²) in [6.07, 6.45) is 6.12. The molecule has 0 atom stereocenters. The maximum atomic E-state index is 14.4. The number of carbonyl (C=O) groups is 10. The molecule has 4 aromatic carbocycles. The second kappa shape index (κ2) is 30.7. The highest BCUT2D eigenvalue weighted by molar-refractivity contribution is 6.98. The first-order valence-electron chi connectivity index (χ1n) is 27.1. The van der Waals surface area contributed by atoms with Gasteiger partial charge in [-0.2, -0.15) is 0 Å². The smallest absolute Gasteiger partial charge is 0.328 e. The molecular formula is C61H67N5O21Si. The van der Waals surface area contributed by atoms with Crippen LogP contribution >= 0.6 is 0 Å². The average molecular weight is 1230 g/mol. The van der Waals surface area contributed by atoms with Crippen molar-refractivity contribution < 1.29 is 105 Å². The van der Waals surface area contributed by atoms with Gasteiger partial charge in [0.2, 0.25) is 27.2 Å². The van der Waals surface area contributed by atoms with E-state index in [0.29, 0.717) is 11.1 Å². The van der Waals surface area contributed by atoms with Crippen molar-refractivity contribution in [1.82, 2.24) is 0 Å². The standard InChI is InChI=1S/C61H67N5O21Si/c1-37(67)80-33-84-55(71)29-65(30-56(72)85-34-81-38(2)68)49-13-11-12-14-51(49)78-23-24-79-52-26-42(16-22-50(52)66(31-57(73)86-35-82-39(3)69)32-58(74)87-36-83-40(4)70)62-60(75)41-15-19-45(48(25-41)61(76)77)59-46-20-17-43(63(5)6)27-53(46)88(9,10)54-28-44(64(7)8)18-21-47(54)59/h11-22,25-28H,23-24,29-36H2,1-10H3,(H-,62,75,76,77). The summed E-state index contributed by atoms with van der Waals surface area (Å²) in [5.41, 5.74) is 4.52. The van der Waals surface area contributed by atoms with Crippen LogP contribution in [0.5, 0.6) is 11.5 Å². The maximum absolute atomic E-state index is 14.4. The molecule has 0 aromatic heterocycles. The van der Waals surface area contributed by atoms with Crippen molar-refractivity contribution in [1.29, 1.82) is 0 Å². The predicted octanol–water partition coefficient (Wildman–Crippen LogP) is 3.17. The molecule has 0 spiro atoms. The Bertz CT molecular complexity index is 3440. The predicted molar refractivity (Wildman–Crippen MR) is 316 cm³/mol. The number of hydrogen-bond acceptors (Lipinski definition) is 24. The van der Waals surface area contributed by atoms with Crippen LogP contribution in [0.15, 0.2) is 108 Å². The van der Waals surface area contributed by atoms with Crippen LogP contribution in [-0.2, 0) is 76.3 Å². The van der Waals surface area contributed by atoms with Gasteiger partial charge in [-0.25, -0.2) is 4.58 Å². The van der Waals surface area contributed by atoms with Crippen LogP contribution in [0.2, 0.25) is 13.1 Å². The molecular weight excluding hydrogens is 1170 g/mol. The van der Waals surface area contributed by atoms with Gasteiger partial charge in [0.05, 0.1) is 17.3 Å². The van der Waals surface area contributed by atoms with Gasteiger partial charge in [-0.3, -0.25) is 43.2 Å². The third kappa shape index (κ3) is 18.3. The van der Waals surface area contributed by atoms with Crippen molar-refractivity contribution in [3.05, 3.63) is 130 Å². The fraction of sp³-hybridized carbons (Fsp3) is 0.328. The molecule has 1 N–H and O–H groups in total. The average Bonchev–Trinajstić information content (AvgIpc) is 0.775. The van der Waals surface area contributed by atoms with Crippen LogP contribution in [-0.4, -0.2) is 173 Å². The number of allylic oxidation sites excluding steroid dienone is 5. The summed E-state index contributed by atoms with van der Waals surface area (Å²) in [6, 6.07) is 20.7. The number of benzene rings is 4. The quantitative estimate of drug-likeness (QED) is 0.0213. The lowest BCUT2D eigenvalue weighted by Crippen LogP contribution is -2.50. The molecule has 0 unspecified atom stereocenters. The highest BCUT2D eigenvalue weighted by atomic mass is 28.3. The summed E-state index contributed by atoms with van der Waals surface area (Å²) in [5.74, 6) is -9.15. The number of carboxylic acids is 1. The minimum atomic E-state index is -2.44. The monoisotopic (exact) mass is 1230 g/mol. The molecule has 1 aliphatic carbocycles. The van der Waals surface area contributed by atoms with Crippen molar-refractivity contribution in [2.75, 3.05) is 115 Å². The number of nitrogens with zero attached hydrogens (tertiary/aromatic N) is 4. The summed E-state index contributed by atoms with van der Waals surface area (Å²) < 4.78 is 53.5. The number of rotatable bonds is 28. The first kappa shape index (κ1) is 66.8. The van der Waals surface area contributed by atoms with E-state index >= 15 is 0 Å². The number of hydrogen-bond donors (Lipinski definition) is 1. The van der Waals surface area contributed by atoms with Gasteiger partial charge in [0.1, 0.15) is 73.1 Å². The number of amides is 1. The van der Waals surface area contributed by atoms with E-state index in [4.69, 9.17) is 47.4 Å². The second-order valence-electron chi connectivity index (χ2n) is 20.4. The Morgan fingerprint density at radius 1 is 0.557 bits per heavy atom. The summed E-state index contributed by atoms with van der Waals surface area (Å²) in [5, 5.41) is 18.2. The van der Waals surface area contributed by atoms with E-state index in [-0.39, 0.29) is 52.9 Å². The Kier molecular flexibility index (Phi) is 23.3. The zero-order valence-electron chi connectivity index (χ0n) is 50.2. The lowest BCUT2D eigenvalue weighted by atomic mass is 9.86. The normalized spacial score (nSPS) is 12.5. The van der Waals surface area contributed by atoms with Gasteiger partial charge in [-0.05, 0) is 87.3 Å². The number of aromatic carboxylic acids is 1. The number of ether oxygens (including phenoxy) is 10. The van der Waals surface area contributed by atoms with E-state index in [1.807, 2.05) is 62.0 Å². The fourth-order valence-corrected chi connectivity index (χ4v) is 12.1. The molecule has 0 saturated carbocycles. The number of fused-ring (bicyclic) bond motifs is 2. The van der Waals surface area contributed by atoms with Crippen LogP contribution in [0.3, 0.4) is 0 Å². The summed E-state index contributed by atoms with van der Waals surface area (Å²) in [7, 11) is 5.36. The number of esters is 8. The molecule has 1 aliphatic heterocycles. The van der Waals surface area contributed by atoms with Gasteiger partial charge in [0.25, 0.3) is 5.91 Å². The fourth-order valence-electron chi connectivity index (χ4n) is 9.03. The number of carbonyl (C=O) groups excluding carboxylic acids is 10. The van der Waals surface area contributed by atoms with Crippen molar-refractivity contribution in [3.63, 3.8) is 0 Å². The number of nitrogens with one attached hydrogen (secondary N) is 1. The number of anilines is 4. The third-order valence-electron chi connectivity index (χ3n) is 13.3. The largest absolute Gasteiger partial charge is 0.545 e. The maximum Gasteiger partial charge on any atom is 0.328 e. The molecule has 2 aliphatic rings. The second-order valence-corrected chi connectivity index (χ2v) is 24.7. The van der Waals surface area contributed by atoms with Crippen LogP contribution in [0.4, 0.5) is 22.7 Å².